The second kappa shape index (κ2) is 11.9. The quantitative estimate of drug-likeness (QED) is 0.225. The van der Waals surface area contributed by atoms with E-state index >= 15 is 0 Å². The van der Waals surface area contributed by atoms with E-state index in [0.29, 0.717) is 25.7 Å². The van der Waals surface area contributed by atoms with E-state index in [1.165, 1.54) is 0 Å². The first-order chi connectivity index (χ1) is 19.1. The first-order valence-electron chi connectivity index (χ1n) is 14.5. The van der Waals surface area contributed by atoms with Gasteiger partial charge in [0.2, 0.25) is 5.91 Å². The minimum atomic E-state index is -1.15. The number of para-hydroxylation sites is 1. The van der Waals surface area contributed by atoms with Crippen molar-refractivity contribution in [3.05, 3.63) is 54.6 Å². The lowest BCUT2D eigenvalue weighted by molar-refractivity contribution is -0.161. The minimum absolute atomic E-state index is 0.00846. The van der Waals surface area contributed by atoms with Crippen molar-refractivity contribution >= 4 is 23.5 Å². The fourth-order valence-corrected chi connectivity index (χ4v) is 7.30. The number of fused-ring (bicyclic) bond motifs is 1. The summed E-state index contributed by atoms with van der Waals surface area (Å²) in [5.74, 6) is -2.62. The van der Waals surface area contributed by atoms with E-state index in [1.54, 1.807) is 22.0 Å². The Hall–Kier alpha value is -2.97. The zero-order valence-corrected chi connectivity index (χ0v) is 24.4. The molecule has 3 fully saturated rings. The molecule has 3 saturated heterocycles. The number of hydrogen-bond acceptors (Lipinski definition) is 6. The molecule has 3 unspecified atom stereocenters. The molecule has 40 heavy (non-hydrogen) atoms. The van der Waals surface area contributed by atoms with Crippen LogP contribution in [0.5, 0.6) is 0 Å². The number of ether oxygens (including phenoxy) is 2. The van der Waals surface area contributed by atoms with Crippen LogP contribution >= 0.6 is 0 Å². The molecule has 1 N–H and O–H groups in total. The fourth-order valence-electron chi connectivity index (χ4n) is 7.30. The van der Waals surface area contributed by atoms with Gasteiger partial charge in [-0.05, 0) is 69.9 Å². The number of amides is 2. The molecule has 1 spiro atoms. The van der Waals surface area contributed by atoms with Crippen molar-refractivity contribution in [2.24, 2.45) is 17.8 Å². The molecule has 3 heterocycles. The van der Waals surface area contributed by atoms with Crippen molar-refractivity contribution in [3.63, 3.8) is 0 Å². The number of likely N-dealkylation sites (tertiary alicyclic amines) is 1. The molecule has 6 atom stereocenters. The number of carbonyl (C=O) groups is 3. The van der Waals surface area contributed by atoms with Crippen molar-refractivity contribution < 1.29 is 29.0 Å². The summed E-state index contributed by atoms with van der Waals surface area (Å²) in [7, 11) is 0. The average molecular weight is 553 g/mol. The topological polar surface area (TPSA) is 96.4 Å². The van der Waals surface area contributed by atoms with Gasteiger partial charge in [-0.2, -0.15) is 0 Å². The van der Waals surface area contributed by atoms with Crippen molar-refractivity contribution in [1.29, 1.82) is 0 Å². The molecule has 218 valence electrons. The Labute approximate surface area is 238 Å². The van der Waals surface area contributed by atoms with E-state index < -0.39 is 35.0 Å². The second-order valence-electron chi connectivity index (χ2n) is 11.7. The number of nitrogens with zero attached hydrogens (tertiary/aromatic N) is 2. The summed E-state index contributed by atoms with van der Waals surface area (Å²) in [5.41, 5.74) is 0.604. The average Bonchev–Trinajstić information content (AvgIpc) is 3.42. The lowest BCUT2D eigenvalue weighted by Crippen LogP contribution is -2.57. The van der Waals surface area contributed by atoms with Gasteiger partial charge in [0.05, 0.1) is 18.1 Å². The van der Waals surface area contributed by atoms with Crippen LogP contribution in [0, 0.1) is 31.6 Å². The van der Waals surface area contributed by atoms with Gasteiger partial charge in [0.1, 0.15) is 17.6 Å². The Kier molecular flexibility index (Phi) is 8.90. The third-order valence-corrected chi connectivity index (χ3v) is 9.19. The number of aliphatic hydroxyl groups is 1. The van der Waals surface area contributed by atoms with E-state index in [9.17, 15) is 19.5 Å². The summed E-state index contributed by atoms with van der Waals surface area (Å²) >= 11 is 0. The summed E-state index contributed by atoms with van der Waals surface area (Å²) in [6, 6.07) is 4.97. The largest absolute Gasteiger partial charge is 0.465 e. The highest BCUT2D eigenvalue weighted by molar-refractivity contribution is 6.05. The molecule has 8 nitrogen and oxygen atoms in total. The standard InChI is InChI=1S/C32H44N2O6/c1-7-9-12-19-39-30(38)25-24-28(36)34(17-10-11-18-35)27(32(24)20-23(5)31(25,6)40-32)29(37)33(16-8-2)26-21(3)14-13-15-22(26)4/h7-8,13-15,23-25,27,35H,1-2,9-12,16-20H2,3-6H3/t23?,24-,25-,27?,31+,32?/m0/s1. The lowest BCUT2D eigenvalue weighted by Gasteiger charge is -2.38. The van der Waals surface area contributed by atoms with Gasteiger partial charge in [-0.25, -0.2) is 0 Å². The maximum Gasteiger partial charge on any atom is 0.312 e. The van der Waals surface area contributed by atoms with E-state index in [1.807, 2.05) is 45.9 Å². The highest BCUT2D eigenvalue weighted by atomic mass is 16.6. The van der Waals surface area contributed by atoms with Crippen molar-refractivity contribution in [2.45, 2.75) is 77.0 Å². The Morgan fingerprint density at radius 2 is 1.90 bits per heavy atom. The number of allylic oxidation sites excluding steroid dienone is 1. The number of anilines is 1. The zero-order chi connectivity index (χ0) is 29.2. The van der Waals surface area contributed by atoms with Crippen LogP contribution in [0.1, 0.15) is 57.1 Å². The van der Waals surface area contributed by atoms with Gasteiger partial charge in [0, 0.05) is 25.4 Å². The minimum Gasteiger partial charge on any atom is -0.465 e. The maximum absolute atomic E-state index is 14.7. The Morgan fingerprint density at radius 3 is 2.52 bits per heavy atom. The number of benzene rings is 1. The normalized spacial score (nSPS) is 30.3. The highest BCUT2D eigenvalue weighted by Crippen LogP contribution is 2.65. The van der Waals surface area contributed by atoms with Gasteiger partial charge >= 0.3 is 5.97 Å². The summed E-state index contributed by atoms with van der Waals surface area (Å²) in [5, 5.41) is 9.44. The number of hydrogen-bond donors (Lipinski definition) is 1. The molecule has 0 radical (unpaired) electrons. The fraction of sp³-hybridized carbons (Fsp3) is 0.594. The van der Waals surface area contributed by atoms with Crippen LogP contribution in [0.25, 0.3) is 0 Å². The van der Waals surface area contributed by atoms with Crippen molar-refractivity contribution in [2.75, 3.05) is 31.2 Å². The van der Waals surface area contributed by atoms with Crippen LogP contribution in [-0.4, -0.2) is 71.3 Å². The smallest absolute Gasteiger partial charge is 0.312 e. The molecule has 3 aliphatic heterocycles. The lowest BCUT2D eigenvalue weighted by atomic mass is 9.62. The Morgan fingerprint density at radius 1 is 1.20 bits per heavy atom. The molecule has 4 rings (SSSR count). The number of unbranched alkanes of at least 4 members (excludes halogenated alkanes) is 2. The van der Waals surface area contributed by atoms with Crippen LogP contribution in [0.15, 0.2) is 43.5 Å². The third-order valence-electron chi connectivity index (χ3n) is 9.19. The maximum atomic E-state index is 14.7. The number of esters is 1. The number of rotatable bonds is 13. The summed E-state index contributed by atoms with van der Waals surface area (Å²) < 4.78 is 12.5. The van der Waals surface area contributed by atoms with Crippen LogP contribution < -0.4 is 4.90 Å². The van der Waals surface area contributed by atoms with Crippen LogP contribution in [0.2, 0.25) is 0 Å². The number of aliphatic hydroxyl groups excluding tert-OH is 1. The molecule has 8 heteroatoms. The zero-order valence-electron chi connectivity index (χ0n) is 24.4. The number of carbonyl (C=O) groups excluding carboxylic acids is 3. The van der Waals surface area contributed by atoms with Crippen LogP contribution in [0.4, 0.5) is 5.69 Å². The summed E-state index contributed by atoms with van der Waals surface area (Å²) in [6.45, 7) is 16.2. The predicted octanol–water partition coefficient (Wildman–Crippen LogP) is 4.12. The SMILES string of the molecule is C=CCCCOC(=O)[C@@H]1[C@H]2C(=O)N(CCCCO)C(C(=O)N(CC=C)c3c(C)cccc3C)C23CC(C)[C@@]1(C)O3. The molecule has 0 aromatic heterocycles. The van der Waals surface area contributed by atoms with E-state index in [4.69, 9.17) is 9.47 Å². The first-order valence-corrected chi connectivity index (χ1v) is 14.5. The van der Waals surface area contributed by atoms with Crippen molar-refractivity contribution in [1.82, 2.24) is 4.90 Å². The van der Waals surface area contributed by atoms with E-state index in [2.05, 4.69) is 13.2 Å². The molecular formula is C32H44N2O6. The predicted molar refractivity (Wildman–Crippen MR) is 154 cm³/mol. The molecule has 0 aliphatic carbocycles. The van der Waals surface area contributed by atoms with Gasteiger partial charge in [0.25, 0.3) is 5.91 Å². The first kappa shape index (κ1) is 30.0. The second-order valence-corrected chi connectivity index (χ2v) is 11.7. The molecule has 0 saturated carbocycles. The third kappa shape index (κ3) is 4.79. The molecule has 1 aromatic rings. The highest BCUT2D eigenvalue weighted by Gasteiger charge is 2.80. The van der Waals surface area contributed by atoms with E-state index in [0.717, 1.165) is 23.2 Å². The van der Waals surface area contributed by atoms with Gasteiger partial charge in [-0.1, -0.05) is 37.3 Å². The molecular weight excluding hydrogens is 508 g/mol. The molecule has 2 amide bonds. The van der Waals surface area contributed by atoms with Gasteiger partial charge in [0.15, 0.2) is 0 Å². The molecule has 1 aromatic carbocycles. The number of aryl methyl sites for hydroxylation is 2. The van der Waals surface area contributed by atoms with Crippen LogP contribution in [0.3, 0.4) is 0 Å². The van der Waals surface area contributed by atoms with Crippen molar-refractivity contribution in [3.8, 4) is 0 Å². The van der Waals surface area contributed by atoms with Gasteiger partial charge in [-0.3, -0.25) is 14.4 Å². The molecule has 2 bridgehead atoms. The van der Waals surface area contributed by atoms with E-state index in [-0.39, 0.29) is 44.0 Å². The summed E-state index contributed by atoms with van der Waals surface area (Å²) in [6.07, 6.45) is 6.36. The Bertz CT molecular complexity index is 1150. The monoisotopic (exact) mass is 552 g/mol. The Balaban J connectivity index is 1.78. The van der Waals surface area contributed by atoms with Crippen LogP contribution in [-0.2, 0) is 23.9 Å². The summed E-state index contributed by atoms with van der Waals surface area (Å²) in [4.78, 5) is 45.9. The van der Waals surface area contributed by atoms with Gasteiger partial charge < -0.3 is 24.4 Å². The molecule has 3 aliphatic rings. The van der Waals surface area contributed by atoms with Gasteiger partial charge in [-0.15, -0.1) is 13.2 Å².